The van der Waals surface area contributed by atoms with Crippen LogP contribution in [0.25, 0.3) is 0 Å². The lowest BCUT2D eigenvalue weighted by atomic mass is 10.0. The molecule has 3 heterocycles. The first kappa shape index (κ1) is 24.6. The first-order valence-electron chi connectivity index (χ1n) is 13.5. The molecule has 2 aliphatic carbocycles. The minimum atomic E-state index is -0.505. The number of nitrogens with zero attached hydrogens (tertiary/aromatic N) is 4. The van der Waals surface area contributed by atoms with E-state index in [2.05, 4.69) is 26.9 Å². The molecule has 3 aliphatic rings. The molecule has 3 atom stereocenters. The largest absolute Gasteiger partial charge is 0.494 e. The van der Waals surface area contributed by atoms with Gasteiger partial charge in [-0.25, -0.2) is 4.98 Å². The smallest absolute Gasteiger partial charge is 0.306 e. The van der Waals surface area contributed by atoms with Gasteiger partial charge in [0.05, 0.1) is 6.54 Å². The average Bonchev–Trinajstić information content (AvgIpc) is 3.64. The van der Waals surface area contributed by atoms with Crippen molar-refractivity contribution < 1.29 is 19.7 Å². The van der Waals surface area contributed by atoms with Crippen LogP contribution in [0.4, 0.5) is 5.82 Å². The molecule has 8 heteroatoms. The third kappa shape index (κ3) is 4.88. The van der Waals surface area contributed by atoms with Crippen molar-refractivity contribution in [1.82, 2.24) is 14.5 Å². The zero-order valence-electron chi connectivity index (χ0n) is 21.4. The number of anilines is 1. The first-order valence-corrected chi connectivity index (χ1v) is 13.5. The highest BCUT2D eigenvalue weighted by atomic mass is 16.5. The van der Waals surface area contributed by atoms with Crippen LogP contribution < -0.4 is 4.90 Å². The molecule has 3 unspecified atom stereocenters. The van der Waals surface area contributed by atoms with Crippen LogP contribution in [0.3, 0.4) is 0 Å². The Kier molecular flexibility index (Phi) is 6.81. The molecule has 2 bridgehead atoms. The van der Waals surface area contributed by atoms with Crippen LogP contribution >= 0.6 is 0 Å². The fraction of sp³-hybridized carbons (Fsp3) is 0.400. The molecule has 3 aromatic rings. The summed E-state index contributed by atoms with van der Waals surface area (Å²) in [7, 11) is 0. The fourth-order valence-electron chi connectivity index (χ4n) is 6.12. The Balaban J connectivity index is 1.15. The van der Waals surface area contributed by atoms with Gasteiger partial charge in [-0.1, -0.05) is 48.6 Å². The highest BCUT2D eigenvalue weighted by Gasteiger charge is 2.41. The van der Waals surface area contributed by atoms with Gasteiger partial charge in [0.15, 0.2) is 11.8 Å². The summed E-state index contributed by atoms with van der Waals surface area (Å²) in [6, 6.07) is 15.8. The molecular weight excluding hydrogens is 480 g/mol. The van der Waals surface area contributed by atoms with Crippen molar-refractivity contribution in [3.05, 3.63) is 83.6 Å². The maximum absolute atomic E-state index is 12.9. The van der Waals surface area contributed by atoms with Crippen molar-refractivity contribution in [2.75, 3.05) is 37.6 Å². The summed E-state index contributed by atoms with van der Waals surface area (Å²) in [5.41, 5.74) is 2.74. The summed E-state index contributed by atoms with van der Waals surface area (Å²) in [4.78, 5) is 21.9. The molecule has 198 valence electrons. The normalized spacial score (nSPS) is 21.0. The number of pyridine rings is 1. The predicted octanol–water partition coefficient (Wildman–Crippen LogP) is 3.80. The maximum Gasteiger partial charge on any atom is 0.306 e. The summed E-state index contributed by atoms with van der Waals surface area (Å²) >= 11 is 0. The molecule has 8 nitrogen and oxygen atoms in total. The lowest BCUT2D eigenvalue weighted by Gasteiger charge is -2.37. The van der Waals surface area contributed by atoms with Gasteiger partial charge in [-0.3, -0.25) is 14.3 Å². The van der Waals surface area contributed by atoms with Crippen LogP contribution in [0.5, 0.6) is 11.8 Å². The lowest BCUT2D eigenvalue weighted by molar-refractivity contribution is -0.150. The number of rotatable bonds is 9. The zero-order chi connectivity index (χ0) is 26.1. The standard InChI is InChI=1S/C30H34N4O4/c35-26(12-9-21-6-2-1-3-7-21)38-24(19-32-14-16-33(17-15-32)25-8-4-5-13-31-25)20-34-29(36)27-22-10-11-23(18-22)28(27)30(34)37/h1-8,10-11,13,22-24,36-37H,9,12,14-20H2. The van der Waals surface area contributed by atoms with Crippen LogP contribution in [0.2, 0.25) is 0 Å². The number of esters is 1. The van der Waals surface area contributed by atoms with E-state index in [0.29, 0.717) is 13.0 Å². The molecule has 0 amide bonds. The Hall–Kier alpha value is -3.78. The van der Waals surface area contributed by atoms with Gasteiger partial charge in [-0.15, -0.1) is 0 Å². The van der Waals surface area contributed by atoms with Gasteiger partial charge < -0.3 is 19.8 Å². The molecule has 1 aliphatic heterocycles. The second kappa shape index (κ2) is 10.5. The van der Waals surface area contributed by atoms with Gasteiger partial charge in [0.1, 0.15) is 11.9 Å². The molecule has 1 fully saturated rings. The maximum atomic E-state index is 12.9. The number of aromatic hydroxyl groups is 2. The van der Waals surface area contributed by atoms with E-state index in [9.17, 15) is 15.0 Å². The number of aryl methyl sites for hydroxylation is 1. The molecule has 1 aromatic carbocycles. The highest BCUT2D eigenvalue weighted by Crippen LogP contribution is 2.56. The summed E-state index contributed by atoms with van der Waals surface area (Å²) in [5, 5.41) is 22.1. The summed E-state index contributed by atoms with van der Waals surface area (Å²) in [5.74, 6) is 1.18. The number of carbonyl (C=O) groups excluding carboxylic acids is 1. The average molecular weight is 515 g/mol. The third-order valence-electron chi connectivity index (χ3n) is 8.06. The van der Waals surface area contributed by atoms with E-state index in [1.165, 1.54) is 4.57 Å². The Morgan fingerprint density at radius 2 is 1.61 bits per heavy atom. The fourth-order valence-corrected chi connectivity index (χ4v) is 6.12. The molecule has 2 N–H and O–H groups in total. The summed E-state index contributed by atoms with van der Waals surface area (Å²) in [6.45, 7) is 4.01. The summed E-state index contributed by atoms with van der Waals surface area (Å²) < 4.78 is 7.54. The minimum Gasteiger partial charge on any atom is -0.494 e. The SMILES string of the molecule is O=C(CCc1ccccc1)OC(CN1CCN(c2ccccn2)CC1)Cn1c(O)c2c(c1O)C1C=CC2C1. The minimum absolute atomic E-state index is 0.0969. The number of allylic oxidation sites excluding steroid dienone is 2. The highest BCUT2D eigenvalue weighted by molar-refractivity contribution is 5.70. The van der Waals surface area contributed by atoms with Crippen molar-refractivity contribution in [3.8, 4) is 11.8 Å². The molecule has 0 radical (unpaired) electrons. The van der Waals surface area contributed by atoms with Crippen molar-refractivity contribution in [2.24, 2.45) is 0 Å². The number of piperazine rings is 1. The number of hydrogen-bond acceptors (Lipinski definition) is 7. The molecule has 0 saturated carbocycles. The monoisotopic (exact) mass is 514 g/mol. The van der Waals surface area contributed by atoms with Gasteiger partial charge in [0.25, 0.3) is 0 Å². The number of benzene rings is 1. The van der Waals surface area contributed by atoms with Crippen LogP contribution in [0.15, 0.2) is 66.9 Å². The van der Waals surface area contributed by atoms with Gasteiger partial charge in [0, 0.05) is 68.3 Å². The molecule has 38 heavy (non-hydrogen) atoms. The van der Waals surface area contributed by atoms with Crippen LogP contribution in [0, 0.1) is 0 Å². The van der Waals surface area contributed by atoms with E-state index in [-0.39, 0.29) is 42.5 Å². The molecule has 2 aromatic heterocycles. The van der Waals surface area contributed by atoms with Crippen LogP contribution in [-0.2, 0) is 22.5 Å². The number of carbonyl (C=O) groups is 1. The quantitative estimate of drug-likeness (QED) is 0.332. The van der Waals surface area contributed by atoms with Gasteiger partial charge in [-0.05, 0) is 30.5 Å². The van der Waals surface area contributed by atoms with Gasteiger partial charge in [-0.2, -0.15) is 0 Å². The van der Waals surface area contributed by atoms with E-state index in [0.717, 1.165) is 55.1 Å². The number of aromatic nitrogens is 2. The van der Waals surface area contributed by atoms with E-state index in [1.807, 2.05) is 54.7 Å². The van der Waals surface area contributed by atoms with Crippen molar-refractivity contribution >= 4 is 11.8 Å². The van der Waals surface area contributed by atoms with E-state index in [4.69, 9.17) is 4.74 Å². The van der Waals surface area contributed by atoms with E-state index < -0.39 is 6.10 Å². The van der Waals surface area contributed by atoms with Crippen LogP contribution in [0.1, 0.15) is 41.4 Å². The Labute approximate surface area is 222 Å². The molecule has 1 saturated heterocycles. The first-order chi connectivity index (χ1) is 18.6. The number of fused-ring (bicyclic) bond motifs is 5. The van der Waals surface area contributed by atoms with Gasteiger partial charge in [0.2, 0.25) is 0 Å². The third-order valence-corrected chi connectivity index (χ3v) is 8.06. The predicted molar refractivity (Wildman–Crippen MR) is 145 cm³/mol. The van der Waals surface area contributed by atoms with E-state index >= 15 is 0 Å². The van der Waals surface area contributed by atoms with Gasteiger partial charge >= 0.3 is 5.97 Å². The Morgan fingerprint density at radius 3 is 2.26 bits per heavy atom. The van der Waals surface area contributed by atoms with Crippen molar-refractivity contribution in [2.45, 2.75) is 43.7 Å². The van der Waals surface area contributed by atoms with Crippen molar-refractivity contribution in [1.29, 1.82) is 0 Å². The second-order valence-electron chi connectivity index (χ2n) is 10.5. The number of hydrogen-bond donors (Lipinski definition) is 2. The lowest BCUT2D eigenvalue weighted by Crippen LogP contribution is -2.49. The molecule has 6 rings (SSSR count). The topological polar surface area (TPSA) is 91.1 Å². The van der Waals surface area contributed by atoms with Crippen LogP contribution in [-0.4, -0.2) is 69.5 Å². The van der Waals surface area contributed by atoms with Crippen molar-refractivity contribution in [3.63, 3.8) is 0 Å². The Morgan fingerprint density at radius 1 is 0.921 bits per heavy atom. The summed E-state index contributed by atoms with van der Waals surface area (Å²) in [6.07, 6.45) is 7.32. The molecule has 0 spiro atoms. The second-order valence-corrected chi connectivity index (χ2v) is 10.5. The Bertz CT molecular complexity index is 1260. The number of ether oxygens (including phenoxy) is 1. The zero-order valence-corrected chi connectivity index (χ0v) is 21.4. The molecular formula is C30H34N4O4. The van der Waals surface area contributed by atoms with E-state index in [1.54, 1.807) is 0 Å².